The number of amides is 3. The number of fused-ring (bicyclic) bond motifs is 1. The molecule has 13 heteroatoms. The molecule has 178 valence electrons. The Morgan fingerprint density at radius 1 is 1.18 bits per heavy atom. The van der Waals surface area contributed by atoms with Gasteiger partial charge in [0.2, 0.25) is 11.8 Å². The number of hydrogen-bond acceptors (Lipinski definition) is 8. The zero-order valence-electron chi connectivity index (χ0n) is 17.8. The number of rotatable bonds is 5. The fraction of sp³-hybridized carbons (Fsp3) is 0.450. The lowest BCUT2D eigenvalue weighted by Crippen LogP contribution is -2.71. The third kappa shape index (κ3) is 5.09. The number of hydrogen-bond donors (Lipinski definition) is 5. The highest BCUT2D eigenvalue weighted by atomic mass is 32.2. The van der Waals surface area contributed by atoms with E-state index in [9.17, 15) is 29.1 Å². The maximum absolute atomic E-state index is 12.3. The number of nitrogens with one attached hydrogen (secondary N) is 2. The van der Waals surface area contributed by atoms with E-state index >= 15 is 0 Å². The number of carboxylic acids is 2. The van der Waals surface area contributed by atoms with Crippen molar-refractivity contribution in [1.82, 2.24) is 15.5 Å². The highest BCUT2D eigenvalue weighted by Gasteiger charge is 2.64. The van der Waals surface area contributed by atoms with E-state index < -0.39 is 46.8 Å². The first-order chi connectivity index (χ1) is 15.4. The average Bonchev–Trinajstić information content (AvgIpc) is 3.31. The molecule has 0 aromatic heterocycles. The fourth-order valence-corrected chi connectivity index (χ4v) is 6.11. The highest BCUT2D eigenvalue weighted by Crippen LogP contribution is 2.50. The van der Waals surface area contributed by atoms with E-state index in [1.165, 1.54) is 16.7 Å². The van der Waals surface area contributed by atoms with Gasteiger partial charge in [0.05, 0.1) is 0 Å². The molecular formula is C20H24N4O7S2. The summed E-state index contributed by atoms with van der Waals surface area (Å²) in [6.45, 7) is 3.58. The molecule has 0 radical (unpaired) electrons. The van der Waals surface area contributed by atoms with Crippen LogP contribution in [0.15, 0.2) is 30.3 Å². The number of benzene rings is 1. The summed E-state index contributed by atoms with van der Waals surface area (Å²) in [6.07, 6.45) is 0. The maximum atomic E-state index is 12.3. The standard InChI is InChI=1S/C16H19N3O4S.C4H5NO3S/c1-16(2)11(15(22)23)19-13(21)10(14(19)24-16)18-12(20)9(17)8-6-4-3-5-7-8;6-3(7)2-1-9-4(8)5-2/h3-7,9-11,14H,17H2,1-2H3,(H,18,20)(H,22,23);2H,1H2,(H,5,8)(H,6,7)/t9-,10?,11?,14?;/m0./s1. The van der Waals surface area contributed by atoms with Crippen LogP contribution < -0.4 is 16.4 Å². The lowest BCUT2D eigenvalue weighted by Gasteiger charge is -2.43. The Kier molecular flexibility index (Phi) is 7.24. The predicted octanol–water partition coefficient (Wildman–Crippen LogP) is 0.214. The first kappa shape index (κ1) is 24.9. The van der Waals surface area contributed by atoms with Gasteiger partial charge in [0, 0.05) is 10.5 Å². The van der Waals surface area contributed by atoms with E-state index in [-0.39, 0.29) is 16.5 Å². The Morgan fingerprint density at radius 3 is 2.30 bits per heavy atom. The monoisotopic (exact) mass is 496 g/mol. The van der Waals surface area contributed by atoms with Crippen LogP contribution in [0.5, 0.6) is 0 Å². The van der Waals surface area contributed by atoms with Crippen molar-refractivity contribution in [3.8, 4) is 0 Å². The molecule has 3 amide bonds. The summed E-state index contributed by atoms with van der Waals surface area (Å²) in [5.41, 5.74) is 6.59. The van der Waals surface area contributed by atoms with Crippen LogP contribution in [0, 0.1) is 0 Å². The molecule has 33 heavy (non-hydrogen) atoms. The minimum atomic E-state index is -1.03. The molecule has 5 atom stereocenters. The van der Waals surface area contributed by atoms with Gasteiger partial charge in [0.15, 0.2) is 0 Å². The molecule has 11 nitrogen and oxygen atoms in total. The van der Waals surface area contributed by atoms with Crippen molar-refractivity contribution in [1.29, 1.82) is 0 Å². The minimum Gasteiger partial charge on any atom is -0.480 e. The maximum Gasteiger partial charge on any atom is 0.327 e. The van der Waals surface area contributed by atoms with Crippen molar-refractivity contribution in [2.45, 2.75) is 48.1 Å². The van der Waals surface area contributed by atoms with Crippen molar-refractivity contribution in [2.24, 2.45) is 5.73 Å². The number of aliphatic carboxylic acids is 2. The summed E-state index contributed by atoms with van der Waals surface area (Å²) in [5, 5.41) is 22.0. The van der Waals surface area contributed by atoms with Crippen molar-refractivity contribution in [3.63, 3.8) is 0 Å². The van der Waals surface area contributed by atoms with E-state index in [2.05, 4.69) is 10.6 Å². The normalized spacial score (nSPS) is 27.9. The van der Waals surface area contributed by atoms with E-state index in [1.807, 2.05) is 6.07 Å². The van der Waals surface area contributed by atoms with Gasteiger partial charge in [0.25, 0.3) is 5.24 Å². The molecule has 4 rings (SSSR count). The Balaban J connectivity index is 0.000000286. The molecule has 1 aromatic rings. The second kappa shape index (κ2) is 9.61. The molecule has 1 aromatic carbocycles. The van der Waals surface area contributed by atoms with Crippen LogP contribution in [-0.2, 0) is 19.2 Å². The summed E-state index contributed by atoms with van der Waals surface area (Å²) >= 11 is 2.39. The van der Waals surface area contributed by atoms with Crippen LogP contribution in [0.4, 0.5) is 4.79 Å². The third-order valence-corrected chi connectivity index (χ3v) is 7.84. The predicted molar refractivity (Wildman–Crippen MR) is 121 cm³/mol. The fourth-order valence-electron chi connectivity index (χ4n) is 3.72. The lowest BCUT2D eigenvalue weighted by atomic mass is 9.95. The first-order valence-electron chi connectivity index (χ1n) is 9.94. The number of carbonyl (C=O) groups excluding carboxylic acids is 3. The third-order valence-electron chi connectivity index (χ3n) is 5.39. The van der Waals surface area contributed by atoms with Crippen LogP contribution in [0.3, 0.4) is 0 Å². The number of carbonyl (C=O) groups is 5. The summed E-state index contributed by atoms with van der Waals surface area (Å²) in [7, 11) is 0. The van der Waals surface area contributed by atoms with Gasteiger partial charge in [-0.1, -0.05) is 42.1 Å². The lowest BCUT2D eigenvalue weighted by molar-refractivity contribution is -0.161. The summed E-state index contributed by atoms with van der Waals surface area (Å²) in [6, 6.07) is 5.70. The topological polar surface area (TPSA) is 179 Å². The molecule has 3 heterocycles. The van der Waals surface area contributed by atoms with Gasteiger partial charge in [-0.25, -0.2) is 9.59 Å². The molecule has 4 unspecified atom stereocenters. The molecule has 3 saturated heterocycles. The Bertz CT molecular complexity index is 974. The van der Waals surface area contributed by atoms with Crippen molar-refractivity contribution < 1.29 is 34.2 Å². The number of nitrogens with zero attached hydrogens (tertiary/aromatic N) is 1. The number of carboxylic acid groups (broad SMARTS) is 2. The molecule has 3 fully saturated rings. The zero-order chi connectivity index (χ0) is 24.5. The molecular weight excluding hydrogens is 472 g/mol. The molecule has 3 aliphatic rings. The summed E-state index contributed by atoms with van der Waals surface area (Å²) in [4.78, 5) is 57.9. The van der Waals surface area contributed by atoms with Gasteiger partial charge in [-0.3, -0.25) is 14.4 Å². The van der Waals surface area contributed by atoms with Gasteiger partial charge in [0.1, 0.15) is 29.5 Å². The number of β-lactam (4-membered cyclic amide) rings is 1. The van der Waals surface area contributed by atoms with Crippen molar-refractivity contribution >= 4 is 52.5 Å². The van der Waals surface area contributed by atoms with Crippen LogP contribution >= 0.6 is 23.5 Å². The number of nitrogens with two attached hydrogens (primary N) is 1. The highest BCUT2D eigenvalue weighted by molar-refractivity contribution is 8.14. The second-order valence-electron chi connectivity index (χ2n) is 8.11. The SMILES string of the molecule is CC1(C)SC2C(NC(=O)[C@@H](N)c3ccccc3)C(=O)N2C1C(=O)O.O=C1NC(C(=O)O)CS1. The Morgan fingerprint density at radius 2 is 1.82 bits per heavy atom. The van der Waals surface area contributed by atoms with Crippen LogP contribution in [0.1, 0.15) is 25.5 Å². The van der Waals surface area contributed by atoms with E-state index in [0.29, 0.717) is 11.3 Å². The first-order valence-corrected chi connectivity index (χ1v) is 11.8. The molecule has 0 aliphatic carbocycles. The number of thioether (sulfide) groups is 2. The van der Waals surface area contributed by atoms with Gasteiger partial charge in [-0.2, -0.15) is 0 Å². The second-order valence-corrected chi connectivity index (χ2v) is 10.9. The quantitative estimate of drug-likeness (QED) is 0.354. The van der Waals surface area contributed by atoms with Crippen LogP contribution in [0.2, 0.25) is 0 Å². The zero-order valence-corrected chi connectivity index (χ0v) is 19.4. The minimum absolute atomic E-state index is 0.248. The largest absolute Gasteiger partial charge is 0.480 e. The molecule has 6 N–H and O–H groups in total. The molecule has 0 spiro atoms. The average molecular weight is 497 g/mol. The van der Waals surface area contributed by atoms with Crippen molar-refractivity contribution in [3.05, 3.63) is 35.9 Å². The Labute approximate surface area is 197 Å². The van der Waals surface area contributed by atoms with E-state index in [4.69, 9.17) is 10.8 Å². The van der Waals surface area contributed by atoms with Crippen LogP contribution in [0.25, 0.3) is 0 Å². The Hall–Kier alpha value is -2.77. The smallest absolute Gasteiger partial charge is 0.327 e. The summed E-state index contributed by atoms with van der Waals surface area (Å²) in [5.74, 6) is -2.48. The van der Waals surface area contributed by atoms with Gasteiger partial charge >= 0.3 is 11.9 Å². The molecule has 0 saturated carbocycles. The summed E-state index contributed by atoms with van der Waals surface area (Å²) < 4.78 is -0.618. The van der Waals surface area contributed by atoms with Crippen molar-refractivity contribution in [2.75, 3.05) is 5.75 Å². The van der Waals surface area contributed by atoms with E-state index in [1.54, 1.807) is 38.1 Å². The van der Waals surface area contributed by atoms with Gasteiger partial charge in [-0.15, -0.1) is 11.8 Å². The molecule has 0 bridgehead atoms. The van der Waals surface area contributed by atoms with Gasteiger partial charge < -0.3 is 31.5 Å². The van der Waals surface area contributed by atoms with Crippen LogP contribution in [-0.4, -0.2) is 78.1 Å². The molecule has 3 aliphatic heterocycles. The van der Waals surface area contributed by atoms with E-state index in [0.717, 1.165) is 11.8 Å². The van der Waals surface area contributed by atoms with Gasteiger partial charge in [-0.05, 0) is 19.4 Å².